The predicted molar refractivity (Wildman–Crippen MR) is 92.0 cm³/mol. The first kappa shape index (κ1) is 16.7. The zero-order valence-corrected chi connectivity index (χ0v) is 14.2. The second-order valence-electron chi connectivity index (χ2n) is 5.42. The smallest absolute Gasteiger partial charge is 0.200 e. The predicted octanol–water partition coefficient (Wildman–Crippen LogP) is 3.08. The molecule has 2 aromatic rings. The van der Waals surface area contributed by atoms with Crippen molar-refractivity contribution in [2.75, 3.05) is 27.9 Å². The molecule has 2 aromatic carbocycles. The lowest BCUT2D eigenvalue weighted by Gasteiger charge is -2.19. The molecule has 0 amide bonds. The topological polar surface area (TPSA) is 74.2 Å². The zero-order chi connectivity index (χ0) is 18.0. The van der Waals surface area contributed by atoms with Crippen LogP contribution in [0.1, 0.15) is 15.9 Å². The molecule has 1 aliphatic heterocycles. The molecule has 0 aliphatic carbocycles. The average Bonchev–Trinajstić information content (AvgIpc) is 2.64. The molecule has 3 rings (SSSR count). The number of Topliss-reactive ketones (excluding diaryl/α,β-unsaturated/α-hetero) is 1. The minimum Gasteiger partial charge on any atom is -0.502 e. The maximum absolute atomic E-state index is 12.7. The van der Waals surface area contributed by atoms with E-state index in [1.165, 1.54) is 14.2 Å². The second kappa shape index (κ2) is 6.76. The molecule has 6 heteroatoms. The van der Waals surface area contributed by atoms with Crippen molar-refractivity contribution in [1.29, 1.82) is 0 Å². The van der Waals surface area contributed by atoms with Gasteiger partial charge in [0.1, 0.15) is 18.1 Å². The molecule has 1 N–H and O–H groups in total. The number of rotatable bonds is 4. The number of hydrogen-bond acceptors (Lipinski definition) is 6. The lowest BCUT2D eigenvalue weighted by molar-refractivity contribution is 0.100. The van der Waals surface area contributed by atoms with Crippen LogP contribution in [0.15, 0.2) is 35.9 Å². The summed E-state index contributed by atoms with van der Waals surface area (Å²) < 4.78 is 21.1. The van der Waals surface area contributed by atoms with E-state index in [-0.39, 0.29) is 29.6 Å². The number of ether oxygens (including phenoxy) is 4. The number of fused-ring (bicyclic) bond motifs is 1. The molecule has 0 fully saturated rings. The van der Waals surface area contributed by atoms with Crippen LogP contribution < -0.4 is 18.9 Å². The Labute approximate surface area is 145 Å². The molecule has 0 spiro atoms. The van der Waals surface area contributed by atoms with Crippen molar-refractivity contribution in [3.8, 4) is 28.7 Å². The molecular formula is C19H18O6. The van der Waals surface area contributed by atoms with Crippen LogP contribution in [0, 0.1) is 0 Å². The largest absolute Gasteiger partial charge is 0.502 e. The quantitative estimate of drug-likeness (QED) is 0.861. The van der Waals surface area contributed by atoms with Gasteiger partial charge in [-0.05, 0) is 35.9 Å². The highest BCUT2D eigenvalue weighted by atomic mass is 16.5. The summed E-state index contributed by atoms with van der Waals surface area (Å²) in [5.74, 6) is 1.46. The molecule has 6 nitrogen and oxygen atoms in total. The first-order valence-electron chi connectivity index (χ1n) is 7.58. The molecule has 0 saturated carbocycles. The van der Waals surface area contributed by atoms with Crippen LogP contribution in [-0.4, -0.2) is 38.8 Å². The fourth-order valence-corrected chi connectivity index (χ4v) is 2.64. The standard InChI is InChI=1S/C19H18O6/c1-22-13-4-5-14-15(9-13)25-10-12(18(14)20)6-11-7-16(23-2)19(21)17(8-11)24-3/h4-9,21H,10H2,1-3H3/b12-6+. The molecule has 1 aliphatic rings. The molecule has 1 heterocycles. The number of ketones is 1. The third kappa shape index (κ3) is 3.10. The van der Waals surface area contributed by atoms with Gasteiger partial charge < -0.3 is 24.1 Å². The van der Waals surface area contributed by atoms with Crippen LogP contribution in [0.25, 0.3) is 6.08 Å². The van der Waals surface area contributed by atoms with E-state index in [2.05, 4.69) is 0 Å². The van der Waals surface area contributed by atoms with Crippen molar-refractivity contribution in [2.24, 2.45) is 0 Å². The first-order valence-corrected chi connectivity index (χ1v) is 7.58. The number of hydrogen-bond donors (Lipinski definition) is 1. The highest BCUT2D eigenvalue weighted by Gasteiger charge is 2.24. The van der Waals surface area contributed by atoms with Crippen LogP contribution in [0.3, 0.4) is 0 Å². The van der Waals surface area contributed by atoms with Gasteiger partial charge >= 0.3 is 0 Å². The van der Waals surface area contributed by atoms with E-state index in [4.69, 9.17) is 18.9 Å². The van der Waals surface area contributed by atoms with Crippen LogP contribution in [-0.2, 0) is 0 Å². The van der Waals surface area contributed by atoms with Gasteiger partial charge in [-0.15, -0.1) is 0 Å². The molecular weight excluding hydrogens is 324 g/mol. The molecule has 25 heavy (non-hydrogen) atoms. The van der Waals surface area contributed by atoms with Crippen molar-refractivity contribution in [1.82, 2.24) is 0 Å². The summed E-state index contributed by atoms with van der Waals surface area (Å²) >= 11 is 0. The lowest BCUT2D eigenvalue weighted by atomic mass is 9.98. The molecule has 0 unspecified atom stereocenters. The van der Waals surface area contributed by atoms with Crippen molar-refractivity contribution in [3.05, 3.63) is 47.0 Å². The highest BCUT2D eigenvalue weighted by Crippen LogP contribution is 2.38. The Kier molecular flexibility index (Phi) is 4.52. The van der Waals surface area contributed by atoms with Crippen LogP contribution >= 0.6 is 0 Å². The molecule has 0 saturated heterocycles. The highest BCUT2D eigenvalue weighted by molar-refractivity contribution is 6.14. The van der Waals surface area contributed by atoms with Crippen LogP contribution in [0.5, 0.6) is 28.7 Å². The number of carbonyl (C=O) groups excluding carboxylic acids is 1. The Balaban J connectivity index is 1.98. The molecule has 0 radical (unpaired) electrons. The summed E-state index contributed by atoms with van der Waals surface area (Å²) in [6.45, 7) is 0.143. The van der Waals surface area contributed by atoms with Gasteiger partial charge in [0.15, 0.2) is 17.3 Å². The number of carbonyl (C=O) groups is 1. The monoisotopic (exact) mass is 342 g/mol. The number of phenols is 1. The van der Waals surface area contributed by atoms with Gasteiger partial charge in [0.25, 0.3) is 0 Å². The number of phenolic OH excluding ortho intramolecular Hbond substituents is 1. The lowest BCUT2D eigenvalue weighted by Crippen LogP contribution is -2.19. The minimum atomic E-state index is -0.116. The summed E-state index contributed by atoms with van der Waals surface area (Å²) in [5, 5.41) is 9.98. The Morgan fingerprint density at radius 3 is 2.32 bits per heavy atom. The summed E-state index contributed by atoms with van der Waals surface area (Å²) in [4.78, 5) is 12.7. The summed E-state index contributed by atoms with van der Waals surface area (Å²) in [6, 6.07) is 8.34. The normalized spacial score (nSPS) is 14.7. The Bertz CT molecular complexity index is 828. The maximum atomic E-state index is 12.7. The van der Waals surface area contributed by atoms with Crippen molar-refractivity contribution in [2.45, 2.75) is 0 Å². The molecule has 0 atom stereocenters. The van der Waals surface area contributed by atoms with E-state index in [1.807, 2.05) is 0 Å². The van der Waals surface area contributed by atoms with E-state index >= 15 is 0 Å². The van der Waals surface area contributed by atoms with E-state index in [9.17, 15) is 9.90 Å². The fourth-order valence-electron chi connectivity index (χ4n) is 2.64. The van der Waals surface area contributed by atoms with Gasteiger partial charge in [-0.25, -0.2) is 0 Å². The van der Waals surface area contributed by atoms with Crippen molar-refractivity contribution in [3.63, 3.8) is 0 Å². The first-order chi connectivity index (χ1) is 12.1. The minimum absolute atomic E-state index is 0.0872. The summed E-state index contributed by atoms with van der Waals surface area (Å²) in [6.07, 6.45) is 1.69. The average molecular weight is 342 g/mol. The fraction of sp³-hybridized carbons (Fsp3) is 0.211. The Morgan fingerprint density at radius 1 is 1.04 bits per heavy atom. The third-order valence-electron chi connectivity index (χ3n) is 3.95. The maximum Gasteiger partial charge on any atom is 0.200 e. The second-order valence-corrected chi connectivity index (χ2v) is 5.42. The molecule has 0 aromatic heterocycles. The van der Waals surface area contributed by atoms with Gasteiger partial charge in [0, 0.05) is 11.6 Å². The van der Waals surface area contributed by atoms with Gasteiger partial charge in [-0.1, -0.05) is 0 Å². The SMILES string of the molecule is COc1ccc2c(c1)OC/C(=C\c1cc(OC)c(O)c(OC)c1)C2=O. The number of benzene rings is 2. The number of methoxy groups -OCH3 is 3. The summed E-state index contributed by atoms with van der Waals surface area (Å²) in [5.41, 5.74) is 1.64. The van der Waals surface area contributed by atoms with Gasteiger partial charge in [-0.3, -0.25) is 4.79 Å². The Hall–Kier alpha value is -3.15. The number of aromatic hydroxyl groups is 1. The van der Waals surface area contributed by atoms with Crippen molar-refractivity contribution < 1.29 is 28.8 Å². The van der Waals surface area contributed by atoms with E-state index in [0.29, 0.717) is 28.2 Å². The molecule has 0 bridgehead atoms. The zero-order valence-electron chi connectivity index (χ0n) is 14.2. The van der Waals surface area contributed by atoms with Gasteiger partial charge in [-0.2, -0.15) is 0 Å². The van der Waals surface area contributed by atoms with Gasteiger partial charge in [0.2, 0.25) is 5.75 Å². The molecule has 130 valence electrons. The van der Waals surface area contributed by atoms with Crippen molar-refractivity contribution >= 4 is 11.9 Å². The van der Waals surface area contributed by atoms with E-state index in [0.717, 1.165) is 0 Å². The van der Waals surface area contributed by atoms with Crippen LogP contribution in [0.2, 0.25) is 0 Å². The summed E-state index contributed by atoms with van der Waals surface area (Å²) in [7, 11) is 4.46. The van der Waals surface area contributed by atoms with E-state index < -0.39 is 0 Å². The van der Waals surface area contributed by atoms with Gasteiger partial charge in [0.05, 0.1) is 26.9 Å². The Morgan fingerprint density at radius 2 is 1.72 bits per heavy atom. The van der Waals surface area contributed by atoms with E-state index in [1.54, 1.807) is 43.5 Å². The third-order valence-corrected chi connectivity index (χ3v) is 3.95. The van der Waals surface area contributed by atoms with Crippen LogP contribution in [0.4, 0.5) is 0 Å².